The van der Waals surface area contributed by atoms with Gasteiger partial charge in [-0.2, -0.15) is 0 Å². The minimum atomic E-state index is -0.225. The van der Waals surface area contributed by atoms with Gasteiger partial charge in [-0.3, -0.25) is 4.90 Å². The van der Waals surface area contributed by atoms with Crippen LogP contribution in [0.4, 0.5) is 0 Å². The molecule has 0 aliphatic carbocycles. The fourth-order valence-corrected chi connectivity index (χ4v) is 3.77. The van der Waals surface area contributed by atoms with Crippen LogP contribution in [0.2, 0.25) is 0 Å². The molecule has 0 amide bonds. The molecule has 1 unspecified atom stereocenters. The molecule has 21 heavy (non-hydrogen) atoms. The van der Waals surface area contributed by atoms with E-state index in [2.05, 4.69) is 48.0 Å². The van der Waals surface area contributed by atoms with Gasteiger partial charge in [-0.1, -0.05) is 38.1 Å². The first-order valence-electron chi connectivity index (χ1n) is 7.35. The molecule has 1 N–H and O–H groups in total. The molecule has 3 nitrogen and oxygen atoms in total. The monoisotopic (exact) mass is 302 g/mol. The van der Waals surface area contributed by atoms with Gasteiger partial charge < -0.3 is 5.11 Å². The first kappa shape index (κ1) is 14.7. The number of hydrogen-bond donors (Lipinski definition) is 1. The maximum absolute atomic E-state index is 10.1. The van der Waals surface area contributed by atoms with Gasteiger partial charge in [0.1, 0.15) is 0 Å². The highest BCUT2D eigenvalue weighted by Gasteiger charge is 2.37. The van der Waals surface area contributed by atoms with Gasteiger partial charge in [-0.05, 0) is 18.1 Å². The first-order chi connectivity index (χ1) is 9.95. The average Bonchev–Trinajstić information content (AvgIpc) is 2.95. The molecule has 3 rings (SSSR count). The van der Waals surface area contributed by atoms with Crippen LogP contribution in [0.25, 0.3) is 10.4 Å². The largest absolute Gasteiger partial charge is 0.391 e. The molecule has 2 heterocycles. The Morgan fingerprint density at radius 3 is 2.57 bits per heavy atom. The number of aryl methyl sites for hydroxylation is 1. The Morgan fingerprint density at radius 1 is 1.33 bits per heavy atom. The summed E-state index contributed by atoms with van der Waals surface area (Å²) in [7, 11) is 0. The molecule has 0 saturated carbocycles. The van der Waals surface area contributed by atoms with Crippen LogP contribution < -0.4 is 0 Å². The zero-order valence-electron chi connectivity index (χ0n) is 12.8. The van der Waals surface area contributed by atoms with Crippen LogP contribution in [0.5, 0.6) is 0 Å². The van der Waals surface area contributed by atoms with E-state index in [1.54, 1.807) is 11.3 Å². The van der Waals surface area contributed by atoms with Crippen LogP contribution in [0.1, 0.15) is 25.1 Å². The summed E-state index contributed by atoms with van der Waals surface area (Å²) in [5.74, 6) is 0. The van der Waals surface area contributed by atoms with Gasteiger partial charge in [0, 0.05) is 25.0 Å². The molecule has 1 aliphatic rings. The van der Waals surface area contributed by atoms with Gasteiger partial charge >= 0.3 is 0 Å². The smallest absolute Gasteiger partial charge is 0.0801 e. The highest BCUT2D eigenvalue weighted by Crippen LogP contribution is 2.31. The SMILES string of the molecule is Cc1ncsc1-c1ccc(CN2CC(O)C(C)(C)C2)cc1. The number of nitrogens with zero attached hydrogens (tertiary/aromatic N) is 2. The van der Waals surface area contributed by atoms with Crippen molar-refractivity contribution in [3.63, 3.8) is 0 Å². The van der Waals surface area contributed by atoms with Crippen molar-refractivity contribution in [2.24, 2.45) is 5.41 Å². The Labute approximate surface area is 130 Å². The van der Waals surface area contributed by atoms with Crippen molar-refractivity contribution in [3.8, 4) is 10.4 Å². The number of thiazole rings is 1. The maximum Gasteiger partial charge on any atom is 0.0801 e. The minimum absolute atomic E-state index is 0.000307. The third-order valence-corrected chi connectivity index (χ3v) is 5.31. The molecular formula is C17H22N2OS. The number of aromatic nitrogens is 1. The van der Waals surface area contributed by atoms with E-state index in [1.165, 1.54) is 16.0 Å². The van der Waals surface area contributed by atoms with Gasteiger partial charge in [-0.15, -0.1) is 11.3 Å². The highest BCUT2D eigenvalue weighted by atomic mass is 32.1. The summed E-state index contributed by atoms with van der Waals surface area (Å²) in [5.41, 5.74) is 5.52. The average molecular weight is 302 g/mol. The zero-order valence-corrected chi connectivity index (χ0v) is 13.7. The summed E-state index contributed by atoms with van der Waals surface area (Å²) >= 11 is 1.69. The van der Waals surface area contributed by atoms with Crippen molar-refractivity contribution in [1.29, 1.82) is 0 Å². The van der Waals surface area contributed by atoms with Crippen molar-refractivity contribution in [2.75, 3.05) is 13.1 Å². The standard InChI is InChI=1S/C17H22N2OS/c1-12-16(21-11-18-12)14-6-4-13(5-7-14)8-19-9-15(20)17(2,3)10-19/h4-7,11,15,20H,8-10H2,1-3H3. The van der Waals surface area contributed by atoms with Crippen molar-refractivity contribution in [2.45, 2.75) is 33.4 Å². The van der Waals surface area contributed by atoms with E-state index in [1.807, 2.05) is 12.4 Å². The van der Waals surface area contributed by atoms with Crippen LogP contribution in [0.15, 0.2) is 29.8 Å². The molecule has 112 valence electrons. The van der Waals surface area contributed by atoms with E-state index in [9.17, 15) is 5.11 Å². The number of hydrogen-bond acceptors (Lipinski definition) is 4. The second kappa shape index (κ2) is 5.52. The van der Waals surface area contributed by atoms with E-state index in [0.717, 1.165) is 25.3 Å². The summed E-state index contributed by atoms with van der Waals surface area (Å²) in [6.07, 6.45) is -0.225. The molecule has 0 spiro atoms. The number of benzene rings is 1. The lowest BCUT2D eigenvalue weighted by atomic mass is 9.90. The van der Waals surface area contributed by atoms with Crippen molar-refractivity contribution < 1.29 is 5.11 Å². The normalized spacial score (nSPS) is 21.8. The van der Waals surface area contributed by atoms with E-state index < -0.39 is 0 Å². The van der Waals surface area contributed by atoms with Crippen LogP contribution in [0, 0.1) is 12.3 Å². The fourth-order valence-electron chi connectivity index (χ4n) is 2.96. The van der Waals surface area contributed by atoms with Crippen LogP contribution in [0.3, 0.4) is 0 Å². The lowest BCUT2D eigenvalue weighted by Gasteiger charge is -2.21. The summed E-state index contributed by atoms with van der Waals surface area (Å²) in [4.78, 5) is 7.89. The third kappa shape index (κ3) is 3.03. The highest BCUT2D eigenvalue weighted by molar-refractivity contribution is 7.13. The number of rotatable bonds is 3. The molecule has 0 bridgehead atoms. The van der Waals surface area contributed by atoms with Crippen LogP contribution >= 0.6 is 11.3 Å². The molecule has 4 heteroatoms. The lowest BCUT2D eigenvalue weighted by molar-refractivity contribution is 0.0955. The van der Waals surface area contributed by atoms with Gasteiger partial charge in [-0.25, -0.2) is 4.98 Å². The van der Waals surface area contributed by atoms with E-state index in [4.69, 9.17) is 0 Å². The second-order valence-corrected chi connectivity index (χ2v) is 7.49. The Balaban J connectivity index is 1.70. The molecule has 1 aromatic carbocycles. The van der Waals surface area contributed by atoms with Crippen molar-refractivity contribution in [1.82, 2.24) is 9.88 Å². The summed E-state index contributed by atoms with van der Waals surface area (Å²) in [6, 6.07) is 8.72. The Bertz CT molecular complexity index is 618. The predicted octanol–water partition coefficient (Wildman–Crippen LogP) is 3.32. The molecule has 1 fully saturated rings. The topological polar surface area (TPSA) is 36.4 Å². The molecule has 1 aromatic heterocycles. The fraction of sp³-hybridized carbons (Fsp3) is 0.471. The number of aliphatic hydroxyl groups excluding tert-OH is 1. The molecule has 0 radical (unpaired) electrons. The van der Waals surface area contributed by atoms with Crippen LogP contribution in [-0.4, -0.2) is 34.2 Å². The van der Waals surface area contributed by atoms with Crippen molar-refractivity contribution in [3.05, 3.63) is 41.0 Å². The number of aliphatic hydroxyl groups is 1. The Morgan fingerprint density at radius 2 is 2.05 bits per heavy atom. The minimum Gasteiger partial charge on any atom is -0.391 e. The summed E-state index contributed by atoms with van der Waals surface area (Å²) < 4.78 is 0. The lowest BCUT2D eigenvalue weighted by Crippen LogP contribution is -2.26. The third-order valence-electron chi connectivity index (χ3n) is 4.33. The van der Waals surface area contributed by atoms with E-state index in [0.29, 0.717) is 0 Å². The van der Waals surface area contributed by atoms with Gasteiger partial charge in [0.25, 0.3) is 0 Å². The van der Waals surface area contributed by atoms with E-state index in [-0.39, 0.29) is 11.5 Å². The molecule has 1 saturated heterocycles. The summed E-state index contributed by atoms with van der Waals surface area (Å²) in [5, 5.41) is 10.1. The number of β-amino-alcohol motifs (C(OH)–C–C–N with tert-alkyl or cyclic N) is 1. The van der Waals surface area contributed by atoms with Gasteiger partial charge in [0.2, 0.25) is 0 Å². The first-order valence-corrected chi connectivity index (χ1v) is 8.23. The molecule has 2 aromatic rings. The van der Waals surface area contributed by atoms with E-state index >= 15 is 0 Å². The zero-order chi connectivity index (χ0) is 15.0. The van der Waals surface area contributed by atoms with Crippen molar-refractivity contribution >= 4 is 11.3 Å². The predicted molar refractivity (Wildman–Crippen MR) is 87.4 cm³/mol. The summed E-state index contributed by atoms with van der Waals surface area (Å²) in [6.45, 7) is 8.93. The van der Waals surface area contributed by atoms with Gasteiger partial charge in [0.15, 0.2) is 0 Å². The Hall–Kier alpha value is -1.23. The molecular weight excluding hydrogens is 280 g/mol. The second-order valence-electron chi connectivity index (χ2n) is 6.64. The number of likely N-dealkylation sites (tertiary alicyclic amines) is 1. The maximum atomic E-state index is 10.1. The molecule has 1 atom stereocenters. The Kier molecular flexibility index (Phi) is 3.86. The van der Waals surface area contributed by atoms with Crippen LogP contribution in [-0.2, 0) is 6.54 Å². The quantitative estimate of drug-likeness (QED) is 0.945. The molecule has 1 aliphatic heterocycles. The van der Waals surface area contributed by atoms with Gasteiger partial charge in [0.05, 0.1) is 22.2 Å².